The summed E-state index contributed by atoms with van der Waals surface area (Å²) < 4.78 is 11.7. The van der Waals surface area contributed by atoms with Crippen LogP contribution in [0.2, 0.25) is 0 Å². The summed E-state index contributed by atoms with van der Waals surface area (Å²) in [4.78, 5) is 27.2. The number of esters is 2. The Labute approximate surface area is 241 Å². The second-order valence-electron chi connectivity index (χ2n) is 11.2. The van der Waals surface area contributed by atoms with Crippen LogP contribution in [-0.4, -0.2) is 24.1 Å². The molecular weight excluding hydrogens is 496 g/mol. The van der Waals surface area contributed by atoms with Crippen LogP contribution in [0.1, 0.15) is 104 Å². The molecule has 0 unspecified atom stereocenters. The molecule has 40 heavy (non-hydrogen) atoms. The Morgan fingerprint density at radius 3 is 1.68 bits per heavy atom. The second kappa shape index (κ2) is 16.2. The SMILES string of the molecule is CCCCCC[C@H](C)OC(=O)C1(C(=O)O[C@@H](C)CCCCCC)C=CC(c2ccc(-c3ccccc3)cc2)=CC1. The first-order chi connectivity index (χ1) is 19.4. The fraction of sp³-hybridized carbons (Fsp3) is 0.500. The molecular formula is C36H48O4. The summed E-state index contributed by atoms with van der Waals surface area (Å²) in [5, 5.41) is 0. The Morgan fingerprint density at radius 2 is 1.20 bits per heavy atom. The van der Waals surface area contributed by atoms with Crippen molar-refractivity contribution in [3.8, 4) is 11.1 Å². The summed E-state index contributed by atoms with van der Waals surface area (Å²) >= 11 is 0. The van der Waals surface area contributed by atoms with Crippen LogP contribution in [0, 0.1) is 5.41 Å². The molecule has 0 fully saturated rings. The van der Waals surface area contributed by atoms with Gasteiger partial charge in [0.05, 0.1) is 12.2 Å². The Morgan fingerprint density at radius 1 is 0.700 bits per heavy atom. The monoisotopic (exact) mass is 544 g/mol. The van der Waals surface area contributed by atoms with Crippen molar-refractivity contribution in [1.82, 2.24) is 0 Å². The highest BCUT2D eigenvalue weighted by molar-refractivity contribution is 6.04. The molecule has 0 aliphatic heterocycles. The third kappa shape index (κ3) is 8.94. The highest BCUT2D eigenvalue weighted by Gasteiger charge is 2.48. The molecule has 4 nitrogen and oxygen atoms in total. The molecule has 0 amide bonds. The van der Waals surface area contributed by atoms with Crippen molar-refractivity contribution in [2.24, 2.45) is 5.41 Å². The van der Waals surface area contributed by atoms with Gasteiger partial charge in [-0.3, -0.25) is 9.59 Å². The average molecular weight is 545 g/mol. The van der Waals surface area contributed by atoms with E-state index in [1.54, 1.807) is 6.08 Å². The summed E-state index contributed by atoms with van der Waals surface area (Å²) in [5.41, 5.74) is 2.88. The van der Waals surface area contributed by atoms with Gasteiger partial charge in [0, 0.05) is 0 Å². The van der Waals surface area contributed by atoms with Crippen molar-refractivity contribution >= 4 is 17.5 Å². The molecule has 4 heteroatoms. The van der Waals surface area contributed by atoms with Crippen LogP contribution in [0.3, 0.4) is 0 Å². The van der Waals surface area contributed by atoms with Crippen LogP contribution in [0.15, 0.2) is 72.8 Å². The summed E-state index contributed by atoms with van der Waals surface area (Å²) in [7, 11) is 0. The van der Waals surface area contributed by atoms with Crippen molar-refractivity contribution in [1.29, 1.82) is 0 Å². The maximum absolute atomic E-state index is 13.6. The third-order valence-electron chi connectivity index (χ3n) is 7.79. The molecule has 216 valence electrons. The number of allylic oxidation sites excluding steroid dienone is 3. The highest BCUT2D eigenvalue weighted by Crippen LogP contribution is 2.37. The van der Waals surface area contributed by atoms with E-state index in [0.29, 0.717) is 0 Å². The molecule has 0 N–H and O–H groups in total. The predicted molar refractivity (Wildman–Crippen MR) is 165 cm³/mol. The van der Waals surface area contributed by atoms with E-state index in [1.165, 1.54) is 18.4 Å². The standard InChI is InChI=1S/C36H48O4/c1-5-7-9-12-16-28(3)39-34(37)36(35(38)40-29(4)17-13-10-8-6-2)26-24-33(25-27-36)32-22-20-31(21-23-32)30-18-14-11-15-19-30/h11,14-15,18-26,28-29H,5-10,12-13,16-17,27H2,1-4H3/t28-,29-/m0/s1. The van der Waals surface area contributed by atoms with Crippen molar-refractivity contribution in [2.45, 2.75) is 111 Å². The van der Waals surface area contributed by atoms with Gasteiger partial charge in [-0.05, 0) is 68.2 Å². The topological polar surface area (TPSA) is 52.6 Å². The lowest BCUT2D eigenvalue weighted by molar-refractivity contribution is -0.174. The van der Waals surface area contributed by atoms with Crippen LogP contribution in [0.4, 0.5) is 0 Å². The molecule has 1 aliphatic carbocycles. The first kappa shape index (κ1) is 31.4. The smallest absolute Gasteiger partial charge is 0.328 e. The summed E-state index contributed by atoms with van der Waals surface area (Å²) in [6, 6.07) is 18.6. The Hall–Kier alpha value is -3.14. The van der Waals surface area contributed by atoms with E-state index in [4.69, 9.17) is 9.47 Å². The van der Waals surface area contributed by atoms with Gasteiger partial charge in [-0.2, -0.15) is 0 Å². The van der Waals surface area contributed by atoms with Gasteiger partial charge < -0.3 is 9.47 Å². The van der Waals surface area contributed by atoms with Crippen LogP contribution in [0.5, 0.6) is 0 Å². The van der Waals surface area contributed by atoms with Gasteiger partial charge in [-0.15, -0.1) is 0 Å². The first-order valence-electron chi connectivity index (χ1n) is 15.4. The maximum Gasteiger partial charge on any atom is 0.328 e. The lowest BCUT2D eigenvalue weighted by atomic mass is 9.78. The van der Waals surface area contributed by atoms with Gasteiger partial charge in [0.2, 0.25) is 0 Å². The maximum atomic E-state index is 13.6. The Balaban J connectivity index is 1.73. The van der Waals surface area contributed by atoms with Crippen LogP contribution in [0.25, 0.3) is 16.7 Å². The zero-order valence-corrected chi connectivity index (χ0v) is 25.0. The number of ether oxygens (including phenoxy) is 2. The summed E-state index contributed by atoms with van der Waals surface area (Å²) in [5.74, 6) is -1.02. The second-order valence-corrected chi connectivity index (χ2v) is 11.2. The van der Waals surface area contributed by atoms with Gasteiger partial charge >= 0.3 is 11.9 Å². The number of hydrogen-bond acceptors (Lipinski definition) is 4. The van der Waals surface area contributed by atoms with Gasteiger partial charge in [-0.1, -0.05) is 125 Å². The van der Waals surface area contributed by atoms with E-state index in [2.05, 4.69) is 50.2 Å². The van der Waals surface area contributed by atoms with Crippen molar-refractivity contribution in [2.75, 3.05) is 0 Å². The normalized spacial score (nSPS) is 15.7. The fourth-order valence-electron chi connectivity index (χ4n) is 5.14. The number of unbranched alkanes of at least 4 members (excludes halogenated alkanes) is 6. The number of carbonyl (C=O) groups is 2. The molecule has 2 aromatic carbocycles. The molecule has 0 aromatic heterocycles. The molecule has 0 heterocycles. The average Bonchev–Trinajstić information content (AvgIpc) is 2.98. The van der Waals surface area contributed by atoms with E-state index in [9.17, 15) is 9.59 Å². The van der Waals surface area contributed by atoms with E-state index in [-0.39, 0.29) is 18.6 Å². The molecule has 2 atom stereocenters. The Bertz CT molecular complexity index is 1080. The molecule has 3 rings (SSSR count). The summed E-state index contributed by atoms with van der Waals surface area (Å²) in [6.45, 7) is 8.19. The van der Waals surface area contributed by atoms with Gasteiger partial charge in [0.25, 0.3) is 0 Å². The number of rotatable bonds is 16. The molecule has 0 saturated heterocycles. The lowest BCUT2D eigenvalue weighted by Crippen LogP contribution is -2.43. The number of carbonyl (C=O) groups excluding carboxylic acids is 2. The van der Waals surface area contributed by atoms with Gasteiger partial charge in [-0.25, -0.2) is 0 Å². The quantitative estimate of drug-likeness (QED) is 0.120. The van der Waals surface area contributed by atoms with Gasteiger partial charge in [0.15, 0.2) is 5.41 Å². The molecule has 0 bridgehead atoms. The number of benzene rings is 2. The lowest BCUT2D eigenvalue weighted by Gasteiger charge is -2.30. The van der Waals surface area contributed by atoms with E-state index < -0.39 is 17.4 Å². The van der Waals surface area contributed by atoms with Crippen LogP contribution >= 0.6 is 0 Å². The molecule has 0 spiro atoms. The largest absolute Gasteiger partial charge is 0.462 e. The first-order valence-corrected chi connectivity index (χ1v) is 15.4. The zero-order valence-electron chi connectivity index (χ0n) is 25.0. The van der Waals surface area contributed by atoms with Crippen molar-refractivity contribution in [3.63, 3.8) is 0 Å². The number of hydrogen-bond donors (Lipinski definition) is 0. The fourth-order valence-corrected chi connectivity index (χ4v) is 5.14. The van der Waals surface area contributed by atoms with Crippen molar-refractivity contribution < 1.29 is 19.1 Å². The molecule has 2 aromatic rings. The minimum Gasteiger partial charge on any atom is -0.462 e. The molecule has 0 saturated carbocycles. The van der Waals surface area contributed by atoms with E-state index >= 15 is 0 Å². The highest BCUT2D eigenvalue weighted by atomic mass is 16.6. The Kier molecular flexibility index (Phi) is 12.7. The summed E-state index contributed by atoms with van der Waals surface area (Å²) in [6.07, 6.45) is 15.8. The third-order valence-corrected chi connectivity index (χ3v) is 7.79. The van der Waals surface area contributed by atoms with Gasteiger partial charge in [0.1, 0.15) is 0 Å². The predicted octanol–water partition coefficient (Wildman–Crippen LogP) is 9.49. The zero-order chi connectivity index (χ0) is 28.8. The molecule has 0 radical (unpaired) electrons. The van der Waals surface area contributed by atoms with E-state index in [1.807, 2.05) is 44.2 Å². The van der Waals surface area contributed by atoms with E-state index in [0.717, 1.165) is 68.1 Å². The van der Waals surface area contributed by atoms with Crippen molar-refractivity contribution in [3.05, 3.63) is 78.4 Å². The van der Waals surface area contributed by atoms with Crippen LogP contribution in [-0.2, 0) is 19.1 Å². The molecule has 1 aliphatic rings. The van der Waals surface area contributed by atoms with Crippen LogP contribution < -0.4 is 0 Å². The minimum atomic E-state index is -1.46. The minimum absolute atomic E-state index is 0.224.